The van der Waals surface area contributed by atoms with Crippen LogP contribution in [0, 0.1) is 0 Å². The predicted molar refractivity (Wildman–Crippen MR) is 135 cm³/mol. The van der Waals surface area contributed by atoms with Gasteiger partial charge < -0.3 is 15.5 Å². The van der Waals surface area contributed by atoms with E-state index in [0.29, 0.717) is 32.6 Å². The molecule has 0 radical (unpaired) electrons. The van der Waals surface area contributed by atoms with E-state index in [4.69, 9.17) is 10.2 Å². The Bertz CT molecular complexity index is 425. The molecule has 7 heteroatoms. The van der Waals surface area contributed by atoms with Crippen LogP contribution in [0.4, 0.5) is 0 Å². The third-order valence-electron chi connectivity index (χ3n) is 5.82. The summed E-state index contributed by atoms with van der Waals surface area (Å²) >= 11 is 0. The number of nitrogens with one attached hydrogen (secondary N) is 1. The SMILES string of the molecule is CCCCCCCCCCCCCCCCCC(=O)NCCN(CCO)CCC(=O)O.[NaH]. The Morgan fingerprint density at radius 1 is 0.688 bits per heavy atom. The molecular weight excluding hydrogens is 415 g/mol. The van der Waals surface area contributed by atoms with Gasteiger partial charge >= 0.3 is 35.5 Å². The van der Waals surface area contributed by atoms with Gasteiger partial charge in [0, 0.05) is 32.6 Å². The second kappa shape index (κ2) is 27.1. The van der Waals surface area contributed by atoms with Gasteiger partial charge in [-0.3, -0.25) is 14.5 Å². The topological polar surface area (TPSA) is 89.9 Å². The monoisotopic (exact) mass is 466 g/mol. The number of aliphatic carboxylic acids is 1. The van der Waals surface area contributed by atoms with Crippen molar-refractivity contribution in [2.24, 2.45) is 0 Å². The predicted octanol–water partition coefficient (Wildman–Crippen LogP) is 4.48. The summed E-state index contributed by atoms with van der Waals surface area (Å²) in [5, 5.41) is 20.7. The van der Waals surface area contributed by atoms with Crippen LogP contribution in [0.15, 0.2) is 0 Å². The van der Waals surface area contributed by atoms with Crippen LogP contribution in [0.5, 0.6) is 0 Å². The number of aliphatic hydroxyl groups is 1. The van der Waals surface area contributed by atoms with E-state index in [1.165, 1.54) is 83.5 Å². The Kier molecular flexibility index (Phi) is 28.8. The number of aliphatic hydroxyl groups excluding tert-OH is 1. The quantitative estimate of drug-likeness (QED) is 0.144. The second-order valence-electron chi connectivity index (χ2n) is 8.76. The van der Waals surface area contributed by atoms with E-state index >= 15 is 0 Å². The van der Waals surface area contributed by atoms with Crippen LogP contribution >= 0.6 is 0 Å². The zero-order valence-corrected chi connectivity index (χ0v) is 20.2. The molecule has 0 aliphatic rings. The van der Waals surface area contributed by atoms with Crippen LogP contribution in [-0.4, -0.2) is 89.3 Å². The molecule has 0 bridgehead atoms. The van der Waals surface area contributed by atoms with Crippen molar-refractivity contribution >= 4 is 41.4 Å². The normalized spacial score (nSPS) is 10.8. The van der Waals surface area contributed by atoms with Crippen molar-refractivity contribution in [3.63, 3.8) is 0 Å². The molecule has 0 aromatic rings. The molecule has 0 aliphatic carbocycles. The van der Waals surface area contributed by atoms with Crippen LogP contribution in [0.2, 0.25) is 0 Å². The number of carboxylic acids is 1. The molecule has 0 saturated heterocycles. The van der Waals surface area contributed by atoms with Crippen LogP contribution in [0.1, 0.15) is 116 Å². The van der Waals surface area contributed by atoms with Gasteiger partial charge in [-0.1, -0.05) is 96.8 Å². The molecular formula is C25H51N2NaO4. The standard InChI is InChI=1S/C25H50N2O4.Na.H/c1-2-3-4-5-6-7-8-9-10-11-12-13-14-15-16-17-24(29)26-19-21-27(22-23-28)20-18-25(30)31;;/h28H,2-23H2,1H3,(H,26,29)(H,30,31);;. The molecule has 0 aromatic heterocycles. The molecule has 3 N–H and O–H groups in total. The molecule has 1 amide bonds. The fraction of sp³-hybridized carbons (Fsp3) is 0.920. The molecule has 186 valence electrons. The van der Waals surface area contributed by atoms with Crippen LogP contribution in [0.25, 0.3) is 0 Å². The van der Waals surface area contributed by atoms with E-state index < -0.39 is 5.97 Å². The van der Waals surface area contributed by atoms with Crippen LogP contribution in [-0.2, 0) is 9.59 Å². The van der Waals surface area contributed by atoms with E-state index in [-0.39, 0.29) is 48.5 Å². The Hall–Kier alpha value is -0.140. The Labute approximate surface area is 219 Å². The summed E-state index contributed by atoms with van der Waals surface area (Å²) < 4.78 is 0. The average Bonchev–Trinajstić information content (AvgIpc) is 2.74. The summed E-state index contributed by atoms with van der Waals surface area (Å²) in [5.41, 5.74) is 0. The van der Waals surface area contributed by atoms with Crippen molar-refractivity contribution < 1.29 is 19.8 Å². The summed E-state index contributed by atoms with van der Waals surface area (Å²) in [4.78, 5) is 24.4. The third kappa shape index (κ3) is 26.1. The van der Waals surface area contributed by atoms with Gasteiger partial charge in [-0.15, -0.1) is 0 Å². The number of carbonyl (C=O) groups excluding carboxylic acids is 1. The molecule has 0 aromatic carbocycles. The first kappa shape index (κ1) is 34.0. The van der Waals surface area contributed by atoms with Gasteiger partial charge in [0.05, 0.1) is 13.0 Å². The molecule has 0 unspecified atom stereocenters. The van der Waals surface area contributed by atoms with Crippen LogP contribution in [0.3, 0.4) is 0 Å². The molecule has 6 nitrogen and oxygen atoms in total. The van der Waals surface area contributed by atoms with E-state index in [2.05, 4.69) is 12.2 Å². The fourth-order valence-electron chi connectivity index (χ4n) is 3.83. The summed E-state index contributed by atoms with van der Waals surface area (Å²) in [6.45, 7) is 4.15. The van der Waals surface area contributed by atoms with Crippen molar-refractivity contribution in [2.45, 2.75) is 116 Å². The number of hydrogen-bond donors (Lipinski definition) is 3. The van der Waals surface area contributed by atoms with Crippen molar-refractivity contribution in [3.8, 4) is 0 Å². The van der Waals surface area contributed by atoms with Gasteiger partial charge in [0.1, 0.15) is 0 Å². The fourth-order valence-corrected chi connectivity index (χ4v) is 3.83. The number of amides is 1. The average molecular weight is 467 g/mol. The zero-order chi connectivity index (χ0) is 23.0. The summed E-state index contributed by atoms with van der Waals surface area (Å²) in [6, 6.07) is 0. The first-order valence-corrected chi connectivity index (χ1v) is 12.9. The molecule has 0 aliphatic heterocycles. The first-order chi connectivity index (χ1) is 15.1. The van der Waals surface area contributed by atoms with E-state index in [9.17, 15) is 9.59 Å². The summed E-state index contributed by atoms with van der Waals surface area (Å²) in [7, 11) is 0. The van der Waals surface area contributed by atoms with Gasteiger partial charge in [0.2, 0.25) is 5.91 Å². The van der Waals surface area contributed by atoms with Gasteiger partial charge in [-0.05, 0) is 6.42 Å². The van der Waals surface area contributed by atoms with Gasteiger partial charge in [-0.2, -0.15) is 0 Å². The number of hydrogen-bond acceptors (Lipinski definition) is 4. The number of carboxylic acid groups (broad SMARTS) is 1. The van der Waals surface area contributed by atoms with Crippen molar-refractivity contribution in [1.82, 2.24) is 10.2 Å². The number of nitrogens with zero attached hydrogens (tertiary/aromatic N) is 1. The Morgan fingerprint density at radius 3 is 1.59 bits per heavy atom. The minimum absolute atomic E-state index is 0. The van der Waals surface area contributed by atoms with Gasteiger partial charge in [0.15, 0.2) is 0 Å². The second-order valence-corrected chi connectivity index (χ2v) is 8.76. The molecule has 0 spiro atoms. The van der Waals surface area contributed by atoms with E-state index in [1.807, 2.05) is 4.90 Å². The Morgan fingerprint density at radius 2 is 1.16 bits per heavy atom. The third-order valence-corrected chi connectivity index (χ3v) is 5.82. The molecule has 0 rings (SSSR count). The molecule has 32 heavy (non-hydrogen) atoms. The molecule has 0 atom stereocenters. The molecule has 0 fully saturated rings. The van der Waals surface area contributed by atoms with Gasteiger partial charge in [-0.25, -0.2) is 0 Å². The van der Waals surface area contributed by atoms with E-state index in [1.54, 1.807) is 0 Å². The Balaban J connectivity index is 0. The van der Waals surface area contributed by atoms with Crippen molar-refractivity contribution in [1.29, 1.82) is 0 Å². The summed E-state index contributed by atoms with van der Waals surface area (Å²) in [5.74, 6) is -0.781. The van der Waals surface area contributed by atoms with Crippen molar-refractivity contribution in [3.05, 3.63) is 0 Å². The van der Waals surface area contributed by atoms with Gasteiger partial charge in [0.25, 0.3) is 0 Å². The van der Waals surface area contributed by atoms with Crippen molar-refractivity contribution in [2.75, 3.05) is 32.8 Å². The maximum absolute atomic E-state index is 11.9. The molecule has 0 saturated carbocycles. The first-order valence-electron chi connectivity index (χ1n) is 12.9. The zero-order valence-electron chi connectivity index (χ0n) is 20.2. The van der Waals surface area contributed by atoms with E-state index in [0.717, 1.165) is 12.8 Å². The number of unbranched alkanes of at least 4 members (excludes halogenated alkanes) is 14. The number of rotatable bonds is 24. The molecule has 0 heterocycles. The number of carbonyl (C=O) groups is 2. The minimum atomic E-state index is -0.847. The van der Waals surface area contributed by atoms with Crippen LogP contribution < -0.4 is 5.32 Å². The maximum atomic E-state index is 11.9. The summed E-state index contributed by atoms with van der Waals surface area (Å²) in [6.07, 6.45) is 20.4.